The van der Waals surface area contributed by atoms with Crippen molar-refractivity contribution in [2.45, 2.75) is 26.7 Å². The molecule has 1 aromatic heterocycles. The molecule has 0 bridgehead atoms. The maximum Gasteiger partial charge on any atom is 0.255 e. The first kappa shape index (κ1) is 16.2. The Bertz CT molecular complexity index is 721. The molecular formula is C19H21BrN2O. The lowest BCUT2D eigenvalue weighted by atomic mass is 9.98. The summed E-state index contributed by atoms with van der Waals surface area (Å²) >= 11 is 3.48. The van der Waals surface area contributed by atoms with Crippen molar-refractivity contribution in [3.05, 3.63) is 52.1 Å². The fourth-order valence-corrected chi connectivity index (χ4v) is 3.38. The van der Waals surface area contributed by atoms with E-state index in [0.717, 1.165) is 58.8 Å². The maximum absolute atomic E-state index is 12.7. The Hall–Kier alpha value is -1.68. The van der Waals surface area contributed by atoms with E-state index in [1.54, 1.807) is 0 Å². The third-order valence-electron chi connectivity index (χ3n) is 4.51. The van der Waals surface area contributed by atoms with Crippen LogP contribution < -0.4 is 0 Å². The molecule has 23 heavy (non-hydrogen) atoms. The van der Waals surface area contributed by atoms with Crippen LogP contribution in [-0.4, -0.2) is 28.9 Å². The van der Waals surface area contributed by atoms with Crippen molar-refractivity contribution in [1.82, 2.24) is 9.88 Å². The van der Waals surface area contributed by atoms with E-state index in [2.05, 4.69) is 27.8 Å². The number of hydrogen-bond acceptors (Lipinski definition) is 2. The summed E-state index contributed by atoms with van der Waals surface area (Å²) in [6, 6.07) is 11.9. The molecule has 0 spiro atoms. The van der Waals surface area contributed by atoms with Gasteiger partial charge in [0.15, 0.2) is 0 Å². The summed E-state index contributed by atoms with van der Waals surface area (Å²) in [4.78, 5) is 19.3. The second kappa shape index (κ2) is 6.83. The van der Waals surface area contributed by atoms with Crippen LogP contribution in [0, 0.1) is 12.8 Å². The minimum absolute atomic E-state index is 0.114. The first-order valence-electron chi connectivity index (χ1n) is 8.07. The van der Waals surface area contributed by atoms with Crippen LogP contribution >= 0.6 is 15.9 Å². The van der Waals surface area contributed by atoms with Gasteiger partial charge in [0.2, 0.25) is 0 Å². The van der Waals surface area contributed by atoms with E-state index in [4.69, 9.17) is 0 Å². The van der Waals surface area contributed by atoms with Crippen molar-refractivity contribution < 1.29 is 4.79 Å². The largest absolute Gasteiger partial charge is 0.339 e. The van der Waals surface area contributed by atoms with E-state index in [-0.39, 0.29) is 5.91 Å². The molecular weight excluding hydrogens is 352 g/mol. The molecule has 1 aromatic carbocycles. The standard InChI is InChI=1S/C19H21BrN2O/c1-13-8-10-22(11-9-13)19(23)17-6-7-18(21-14(17)2)15-4-3-5-16(20)12-15/h3-7,12-13H,8-11H2,1-2H3. The van der Waals surface area contributed by atoms with Gasteiger partial charge in [-0.3, -0.25) is 9.78 Å². The zero-order valence-electron chi connectivity index (χ0n) is 13.6. The number of halogens is 1. The number of rotatable bonds is 2. The second-order valence-electron chi connectivity index (χ2n) is 6.31. The molecule has 0 radical (unpaired) electrons. The molecule has 3 nitrogen and oxygen atoms in total. The van der Waals surface area contributed by atoms with Gasteiger partial charge < -0.3 is 4.90 Å². The smallest absolute Gasteiger partial charge is 0.255 e. The van der Waals surface area contributed by atoms with Gasteiger partial charge in [0.05, 0.1) is 17.0 Å². The fourth-order valence-electron chi connectivity index (χ4n) is 2.98. The number of pyridine rings is 1. The zero-order valence-corrected chi connectivity index (χ0v) is 15.1. The Morgan fingerprint density at radius 2 is 1.96 bits per heavy atom. The molecule has 1 aliphatic heterocycles. The number of nitrogens with zero attached hydrogens (tertiary/aromatic N) is 2. The van der Waals surface area contributed by atoms with E-state index in [1.807, 2.05) is 48.2 Å². The van der Waals surface area contributed by atoms with E-state index in [9.17, 15) is 4.79 Å². The van der Waals surface area contributed by atoms with Crippen LogP contribution in [0.2, 0.25) is 0 Å². The van der Waals surface area contributed by atoms with E-state index < -0.39 is 0 Å². The third kappa shape index (κ3) is 3.63. The SMILES string of the molecule is Cc1nc(-c2cccc(Br)c2)ccc1C(=O)N1CCC(C)CC1. The number of carbonyl (C=O) groups is 1. The number of hydrogen-bond donors (Lipinski definition) is 0. The highest BCUT2D eigenvalue weighted by molar-refractivity contribution is 9.10. The van der Waals surface area contributed by atoms with Gasteiger partial charge in [-0.1, -0.05) is 35.0 Å². The Morgan fingerprint density at radius 3 is 2.61 bits per heavy atom. The first-order chi connectivity index (χ1) is 11.0. The van der Waals surface area contributed by atoms with E-state index in [1.165, 1.54) is 0 Å². The molecule has 1 amide bonds. The third-order valence-corrected chi connectivity index (χ3v) is 5.00. The molecule has 1 fully saturated rings. The Morgan fingerprint density at radius 1 is 1.22 bits per heavy atom. The van der Waals surface area contributed by atoms with Gasteiger partial charge in [0, 0.05) is 23.1 Å². The van der Waals surface area contributed by atoms with Crippen LogP contribution in [0.25, 0.3) is 11.3 Å². The van der Waals surface area contributed by atoms with Crippen LogP contribution in [-0.2, 0) is 0 Å². The molecule has 2 heterocycles. The lowest BCUT2D eigenvalue weighted by Crippen LogP contribution is -2.38. The number of amides is 1. The van der Waals surface area contributed by atoms with Crippen molar-refractivity contribution in [1.29, 1.82) is 0 Å². The highest BCUT2D eigenvalue weighted by Crippen LogP contribution is 2.24. The van der Waals surface area contributed by atoms with Crippen LogP contribution in [0.15, 0.2) is 40.9 Å². The van der Waals surface area contributed by atoms with Crippen LogP contribution in [0.4, 0.5) is 0 Å². The average Bonchev–Trinajstić information content (AvgIpc) is 2.55. The van der Waals surface area contributed by atoms with Gasteiger partial charge in [0.25, 0.3) is 5.91 Å². The summed E-state index contributed by atoms with van der Waals surface area (Å²) in [6.45, 7) is 5.88. The Labute approximate surface area is 145 Å². The van der Waals surface area contributed by atoms with Crippen LogP contribution in [0.1, 0.15) is 35.8 Å². The quantitative estimate of drug-likeness (QED) is 0.765. The minimum atomic E-state index is 0.114. The van der Waals surface area contributed by atoms with Gasteiger partial charge in [-0.15, -0.1) is 0 Å². The lowest BCUT2D eigenvalue weighted by molar-refractivity contribution is 0.0696. The molecule has 120 valence electrons. The average molecular weight is 373 g/mol. The van der Waals surface area contributed by atoms with Crippen LogP contribution in [0.5, 0.6) is 0 Å². The number of aryl methyl sites for hydroxylation is 1. The second-order valence-corrected chi connectivity index (χ2v) is 7.23. The van der Waals surface area contributed by atoms with Crippen molar-refractivity contribution >= 4 is 21.8 Å². The van der Waals surface area contributed by atoms with Crippen molar-refractivity contribution in [3.8, 4) is 11.3 Å². The molecule has 0 atom stereocenters. The molecule has 0 unspecified atom stereocenters. The number of benzene rings is 1. The summed E-state index contributed by atoms with van der Waals surface area (Å²) in [5, 5.41) is 0. The summed E-state index contributed by atoms with van der Waals surface area (Å²) in [6.07, 6.45) is 2.18. The van der Waals surface area contributed by atoms with Crippen molar-refractivity contribution in [2.75, 3.05) is 13.1 Å². The number of likely N-dealkylation sites (tertiary alicyclic amines) is 1. The molecule has 0 aliphatic carbocycles. The number of piperidine rings is 1. The van der Waals surface area contributed by atoms with Crippen molar-refractivity contribution in [2.24, 2.45) is 5.92 Å². The topological polar surface area (TPSA) is 33.2 Å². The highest BCUT2D eigenvalue weighted by Gasteiger charge is 2.23. The van der Waals surface area contributed by atoms with Gasteiger partial charge >= 0.3 is 0 Å². The van der Waals surface area contributed by atoms with Crippen molar-refractivity contribution in [3.63, 3.8) is 0 Å². The summed E-state index contributed by atoms with van der Waals surface area (Å²) in [5.74, 6) is 0.833. The molecule has 3 rings (SSSR count). The number of aromatic nitrogens is 1. The van der Waals surface area contributed by atoms with E-state index in [0.29, 0.717) is 0 Å². The van der Waals surface area contributed by atoms with Gasteiger partial charge in [-0.05, 0) is 49.9 Å². The Kier molecular flexibility index (Phi) is 4.81. The summed E-state index contributed by atoms with van der Waals surface area (Å²) in [7, 11) is 0. The van der Waals surface area contributed by atoms with E-state index >= 15 is 0 Å². The predicted molar refractivity (Wildman–Crippen MR) is 96.4 cm³/mol. The van der Waals surface area contributed by atoms with Gasteiger partial charge in [-0.25, -0.2) is 0 Å². The lowest BCUT2D eigenvalue weighted by Gasteiger charge is -2.30. The first-order valence-corrected chi connectivity index (χ1v) is 8.87. The Balaban J connectivity index is 1.83. The fraction of sp³-hybridized carbons (Fsp3) is 0.368. The molecule has 1 aliphatic rings. The normalized spacial score (nSPS) is 15.7. The van der Waals surface area contributed by atoms with Crippen LogP contribution in [0.3, 0.4) is 0 Å². The number of carbonyl (C=O) groups excluding carboxylic acids is 1. The zero-order chi connectivity index (χ0) is 16.4. The molecule has 2 aromatic rings. The maximum atomic E-state index is 12.7. The molecule has 0 N–H and O–H groups in total. The molecule has 0 saturated carbocycles. The summed E-state index contributed by atoms with van der Waals surface area (Å²) < 4.78 is 1.03. The molecule has 4 heteroatoms. The monoisotopic (exact) mass is 372 g/mol. The predicted octanol–water partition coefficient (Wildman–Crippen LogP) is 4.69. The minimum Gasteiger partial charge on any atom is -0.339 e. The summed E-state index contributed by atoms with van der Waals surface area (Å²) in [5.41, 5.74) is 3.46. The highest BCUT2D eigenvalue weighted by atomic mass is 79.9. The van der Waals surface area contributed by atoms with Gasteiger partial charge in [0.1, 0.15) is 0 Å². The van der Waals surface area contributed by atoms with Gasteiger partial charge in [-0.2, -0.15) is 0 Å². The molecule has 1 saturated heterocycles.